The largest absolute Gasteiger partial charge is 0.368 e. The Labute approximate surface area is 111 Å². The van der Waals surface area contributed by atoms with E-state index in [1.807, 2.05) is 18.2 Å². The van der Waals surface area contributed by atoms with Crippen LogP contribution in [0.25, 0.3) is 10.4 Å². The molecule has 1 fully saturated rings. The van der Waals surface area contributed by atoms with Crippen molar-refractivity contribution in [3.63, 3.8) is 0 Å². The van der Waals surface area contributed by atoms with Gasteiger partial charge in [0, 0.05) is 18.0 Å². The molecular formula is C13H17N5O. The summed E-state index contributed by atoms with van der Waals surface area (Å²) in [5.41, 5.74) is 15.8. The molecule has 0 saturated heterocycles. The SMILES string of the molecule is [N-]=[N+]=NCCNC(C(N)=O)c1ccccc1C1CC1. The summed E-state index contributed by atoms with van der Waals surface area (Å²) in [5.74, 6) is 0.144. The predicted octanol–water partition coefficient (Wildman–Crippen LogP) is 1.99. The number of hydrogen-bond donors (Lipinski definition) is 2. The van der Waals surface area contributed by atoms with Gasteiger partial charge in [-0.05, 0) is 35.4 Å². The predicted molar refractivity (Wildman–Crippen MR) is 72.4 cm³/mol. The summed E-state index contributed by atoms with van der Waals surface area (Å²) in [5, 5.41) is 6.49. The average molecular weight is 259 g/mol. The monoisotopic (exact) mass is 259 g/mol. The topological polar surface area (TPSA) is 104 Å². The quantitative estimate of drug-likeness (QED) is 0.338. The molecule has 0 bridgehead atoms. The van der Waals surface area contributed by atoms with Crippen molar-refractivity contribution < 1.29 is 4.79 Å². The van der Waals surface area contributed by atoms with Gasteiger partial charge in [-0.3, -0.25) is 4.79 Å². The molecule has 1 aliphatic carbocycles. The Bertz CT molecular complexity index is 506. The lowest BCUT2D eigenvalue weighted by Crippen LogP contribution is -2.35. The van der Waals surface area contributed by atoms with Crippen molar-refractivity contribution in [2.24, 2.45) is 10.8 Å². The summed E-state index contributed by atoms with van der Waals surface area (Å²) < 4.78 is 0. The zero-order valence-electron chi connectivity index (χ0n) is 10.6. The first-order valence-corrected chi connectivity index (χ1v) is 6.36. The number of primary amides is 1. The highest BCUT2D eigenvalue weighted by Gasteiger charge is 2.29. The zero-order chi connectivity index (χ0) is 13.7. The van der Waals surface area contributed by atoms with Crippen LogP contribution in [0.2, 0.25) is 0 Å². The van der Waals surface area contributed by atoms with Crippen LogP contribution in [0.1, 0.15) is 35.9 Å². The minimum atomic E-state index is -0.523. The van der Waals surface area contributed by atoms with Crippen LogP contribution in [0.5, 0.6) is 0 Å². The number of carbonyl (C=O) groups excluding carboxylic acids is 1. The van der Waals surface area contributed by atoms with E-state index in [4.69, 9.17) is 11.3 Å². The van der Waals surface area contributed by atoms with Crippen LogP contribution in [0.4, 0.5) is 0 Å². The molecule has 1 unspecified atom stereocenters. The van der Waals surface area contributed by atoms with Crippen molar-refractivity contribution in [1.82, 2.24) is 5.32 Å². The molecule has 1 saturated carbocycles. The van der Waals surface area contributed by atoms with Crippen molar-refractivity contribution in [2.75, 3.05) is 13.1 Å². The summed E-state index contributed by atoms with van der Waals surface area (Å²) in [6.07, 6.45) is 2.34. The van der Waals surface area contributed by atoms with Gasteiger partial charge in [-0.1, -0.05) is 29.4 Å². The van der Waals surface area contributed by atoms with Gasteiger partial charge in [-0.2, -0.15) is 0 Å². The zero-order valence-corrected chi connectivity index (χ0v) is 10.6. The molecule has 0 heterocycles. The molecule has 2 rings (SSSR count). The third-order valence-corrected chi connectivity index (χ3v) is 3.23. The Balaban J connectivity index is 2.14. The van der Waals surface area contributed by atoms with Gasteiger partial charge < -0.3 is 11.1 Å². The minimum Gasteiger partial charge on any atom is -0.368 e. The van der Waals surface area contributed by atoms with Crippen molar-refractivity contribution in [2.45, 2.75) is 24.8 Å². The fourth-order valence-electron chi connectivity index (χ4n) is 2.21. The Morgan fingerprint density at radius 3 is 2.89 bits per heavy atom. The number of amides is 1. The van der Waals surface area contributed by atoms with E-state index in [0.717, 1.165) is 5.56 Å². The molecule has 3 N–H and O–H groups in total. The molecule has 0 aromatic heterocycles. The van der Waals surface area contributed by atoms with Crippen LogP contribution >= 0.6 is 0 Å². The van der Waals surface area contributed by atoms with Crippen molar-refractivity contribution in [1.29, 1.82) is 0 Å². The smallest absolute Gasteiger partial charge is 0.239 e. The van der Waals surface area contributed by atoms with Crippen molar-refractivity contribution in [3.05, 3.63) is 45.8 Å². The first-order chi connectivity index (χ1) is 9.24. The third kappa shape index (κ3) is 3.47. The number of nitrogens with one attached hydrogen (secondary N) is 1. The number of carbonyl (C=O) groups is 1. The second kappa shape index (κ2) is 6.22. The number of azide groups is 1. The molecule has 0 aliphatic heterocycles. The molecule has 1 aromatic rings. The maximum absolute atomic E-state index is 11.6. The molecule has 1 aromatic carbocycles. The Morgan fingerprint density at radius 1 is 1.53 bits per heavy atom. The van der Waals surface area contributed by atoms with Gasteiger partial charge in [-0.25, -0.2) is 0 Å². The van der Waals surface area contributed by atoms with Gasteiger partial charge in [0.2, 0.25) is 5.91 Å². The van der Waals surface area contributed by atoms with Crippen LogP contribution in [0.15, 0.2) is 29.4 Å². The molecule has 0 radical (unpaired) electrons. The van der Waals surface area contributed by atoms with E-state index in [9.17, 15) is 4.79 Å². The second-order valence-corrected chi connectivity index (χ2v) is 4.65. The van der Waals surface area contributed by atoms with E-state index in [-0.39, 0.29) is 0 Å². The average Bonchev–Trinajstić information content (AvgIpc) is 3.23. The molecule has 1 amide bonds. The second-order valence-electron chi connectivity index (χ2n) is 4.65. The highest BCUT2D eigenvalue weighted by Crippen LogP contribution is 2.42. The van der Waals surface area contributed by atoms with E-state index in [0.29, 0.717) is 19.0 Å². The summed E-state index contributed by atoms with van der Waals surface area (Å²) in [6, 6.07) is 7.36. The van der Waals surface area contributed by atoms with Gasteiger partial charge >= 0.3 is 0 Å². The fourth-order valence-corrected chi connectivity index (χ4v) is 2.21. The van der Waals surface area contributed by atoms with E-state index < -0.39 is 11.9 Å². The Kier molecular flexibility index (Phi) is 4.39. The maximum Gasteiger partial charge on any atom is 0.239 e. The normalized spacial score (nSPS) is 15.6. The minimum absolute atomic E-state index is 0.297. The molecule has 100 valence electrons. The Hall–Kier alpha value is -2.04. The summed E-state index contributed by atoms with van der Waals surface area (Å²) >= 11 is 0. The van der Waals surface area contributed by atoms with Crippen molar-refractivity contribution >= 4 is 5.91 Å². The van der Waals surface area contributed by atoms with Gasteiger partial charge in [-0.15, -0.1) is 0 Å². The van der Waals surface area contributed by atoms with Crippen LogP contribution in [0, 0.1) is 0 Å². The lowest BCUT2D eigenvalue weighted by molar-refractivity contribution is -0.120. The molecule has 6 heteroatoms. The van der Waals surface area contributed by atoms with Gasteiger partial charge in [0.05, 0.1) is 0 Å². The summed E-state index contributed by atoms with van der Waals surface area (Å²) in [6.45, 7) is 0.725. The standard InChI is InChI=1S/C13H17N5O/c14-13(19)12(16-7-8-17-18-15)11-4-2-1-3-10(11)9-5-6-9/h1-4,9,12,16H,5-8H2,(H2,14,19). The van der Waals surface area contributed by atoms with Gasteiger partial charge in [0.25, 0.3) is 0 Å². The molecule has 6 nitrogen and oxygen atoms in total. The van der Waals surface area contributed by atoms with Crippen LogP contribution in [-0.4, -0.2) is 19.0 Å². The number of nitrogens with two attached hydrogens (primary N) is 1. The number of rotatable bonds is 7. The van der Waals surface area contributed by atoms with E-state index in [2.05, 4.69) is 21.4 Å². The third-order valence-electron chi connectivity index (χ3n) is 3.23. The first-order valence-electron chi connectivity index (χ1n) is 6.36. The molecule has 1 aliphatic rings. The van der Waals surface area contributed by atoms with E-state index in [1.165, 1.54) is 18.4 Å². The van der Waals surface area contributed by atoms with Gasteiger partial charge in [0.15, 0.2) is 0 Å². The first kappa shape index (κ1) is 13.4. The molecular weight excluding hydrogens is 242 g/mol. The Morgan fingerprint density at radius 2 is 2.26 bits per heavy atom. The van der Waals surface area contributed by atoms with Crippen LogP contribution < -0.4 is 11.1 Å². The summed E-state index contributed by atoms with van der Waals surface area (Å²) in [4.78, 5) is 14.3. The number of nitrogens with zero attached hydrogens (tertiary/aromatic N) is 3. The fraction of sp³-hybridized carbons (Fsp3) is 0.462. The lowest BCUT2D eigenvalue weighted by atomic mass is 9.96. The highest BCUT2D eigenvalue weighted by atomic mass is 16.1. The highest BCUT2D eigenvalue weighted by molar-refractivity contribution is 5.82. The number of hydrogen-bond acceptors (Lipinski definition) is 3. The lowest BCUT2D eigenvalue weighted by Gasteiger charge is -2.18. The van der Waals surface area contributed by atoms with Crippen LogP contribution in [-0.2, 0) is 4.79 Å². The maximum atomic E-state index is 11.6. The summed E-state index contributed by atoms with van der Waals surface area (Å²) in [7, 11) is 0. The number of benzene rings is 1. The van der Waals surface area contributed by atoms with E-state index in [1.54, 1.807) is 0 Å². The molecule has 19 heavy (non-hydrogen) atoms. The molecule has 1 atom stereocenters. The van der Waals surface area contributed by atoms with Crippen molar-refractivity contribution in [3.8, 4) is 0 Å². The van der Waals surface area contributed by atoms with Crippen LogP contribution in [0.3, 0.4) is 0 Å². The van der Waals surface area contributed by atoms with E-state index >= 15 is 0 Å². The molecule has 0 spiro atoms. The van der Waals surface area contributed by atoms with Gasteiger partial charge in [0.1, 0.15) is 6.04 Å².